The molecule has 0 aromatic rings. The Morgan fingerprint density at radius 2 is 2.22 bits per heavy atom. The summed E-state index contributed by atoms with van der Waals surface area (Å²) >= 11 is 0. The summed E-state index contributed by atoms with van der Waals surface area (Å²) < 4.78 is 0. The zero-order chi connectivity index (χ0) is 7.28. The summed E-state index contributed by atoms with van der Waals surface area (Å²) in [6.45, 7) is 5.40. The van der Waals surface area contributed by atoms with E-state index >= 15 is 0 Å². The third-order valence-corrected chi connectivity index (χ3v) is 0.942. The van der Waals surface area contributed by atoms with Crippen LogP contribution in [-0.2, 0) is 4.79 Å². The molecule has 0 spiro atoms. The van der Waals surface area contributed by atoms with Crippen LogP contribution in [0.3, 0.4) is 0 Å². The Hall–Kier alpha value is -0.855. The van der Waals surface area contributed by atoms with Crippen molar-refractivity contribution in [1.82, 2.24) is 0 Å². The number of hydrogen-bond donors (Lipinski definition) is 1. The van der Waals surface area contributed by atoms with E-state index in [0.29, 0.717) is 5.57 Å². The molecule has 1 amide bonds. The normalized spacial score (nSPS) is 11.6. The summed E-state index contributed by atoms with van der Waals surface area (Å²) in [6.07, 6.45) is 1.68. The van der Waals surface area contributed by atoms with Crippen molar-refractivity contribution in [1.29, 1.82) is 0 Å². The third-order valence-electron chi connectivity index (χ3n) is 0.942. The first kappa shape index (κ1) is 8.14. The van der Waals surface area contributed by atoms with Crippen LogP contribution in [-0.4, -0.2) is 18.8 Å². The molecular formula is C6H10BNO. The van der Waals surface area contributed by atoms with Gasteiger partial charge in [-0.15, -0.1) is 0 Å². The summed E-state index contributed by atoms with van der Waals surface area (Å²) in [4.78, 5) is 10.4. The van der Waals surface area contributed by atoms with Gasteiger partial charge in [0.15, 0.2) is 0 Å². The van der Waals surface area contributed by atoms with Crippen molar-refractivity contribution >= 4 is 18.8 Å². The van der Waals surface area contributed by atoms with Crippen LogP contribution in [0.25, 0.3) is 0 Å². The molecule has 0 radical (unpaired) electrons. The maximum atomic E-state index is 10.4. The maximum absolute atomic E-state index is 10.4. The SMILES string of the molecule is CB=C/C(=C\C)C(N)=O. The molecule has 0 saturated carbocycles. The van der Waals surface area contributed by atoms with Gasteiger partial charge in [-0.3, -0.25) is 0 Å². The molecule has 9 heavy (non-hydrogen) atoms. The predicted molar refractivity (Wildman–Crippen MR) is 40.6 cm³/mol. The summed E-state index contributed by atoms with van der Waals surface area (Å²) in [7, 11) is 0. The molecule has 0 aliphatic carbocycles. The Kier molecular flexibility index (Phi) is 3.68. The molecule has 0 atom stereocenters. The van der Waals surface area contributed by atoms with Crippen LogP contribution in [0.2, 0.25) is 6.82 Å². The molecule has 0 heterocycles. The second-order valence-corrected chi connectivity index (χ2v) is 1.61. The van der Waals surface area contributed by atoms with Crippen molar-refractivity contribution in [2.45, 2.75) is 13.7 Å². The van der Waals surface area contributed by atoms with Gasteiger partial charge in [0, 0.05) is 0 Å². The first-order valence-electron chi connectivity index (χ1n) is 2.81. The molecule has 2 nitrogen and oxygen atoms in total. The molecule has 2 N–H and O–H groups in total. The van der Waals surface area contributed by atoms with E-state index in [4.69, 9.17) is 5.73 Å². The van der Waals surface area contributed by atoms with Crippen molar-refractivity contribution in [2.75, 3.05) is 0 Å². The van der Waals surface area contributed by atoms with Crippen molar-refractivity contribution in [3.63, 3.8) is 0 Å². The molecule has 0 aliphatic rings. The minimum absolute atomic E-state index is 0.379. The third kappa shape index (κ3) is 2.85. The van der Waals surface area contributed by atoms with E-state index in [2.05, 4.69) is 0 Å². The van der Waals surface area contributed by atoms with Gasteiger partial charge in [-0.2, -0.15) is 0 Å². The van der Waals surface area contributed by atoms with Crippen LogP contribution in [0.4, 0.5) is 0 Å². The number of hydrogen-bond acceptors (Lipinski definition) is 1. The number of amides is 1. The Morgan fingerprint density at radius 1 is 1.67 bits per heavy atom. The van der Waals surface area contributed by atoms with Crippen LogP contribution in [0.15, 0.2) is 11.6 Å². The fourth-order valence-corrected chi connectivity index (χ4v) is 0.500. The van der Waals surface area contributed by atoms with E-state index in [1.54, 1.807) is 25.9 Å². The molecule has 0 aromatic heterocycles. The van der Waals surface area contributed by atoms with E-state index in [1.807, 2.05) is 6.82 Å². The van der Waals surface area contributed by atoms with Crippen molar-refractivity contribution in [3.8, 4) is 0 Å². The summed E-state index contributed by atoms with van der Waals surface area (Å²) in [5.74, 6) is 1.30. The monoisotopic (exact) mass is 123 g/mol. The van der Waals surface area contributed by atoms with Crippen LogP contribution in [0, 0.1) is 0 Å². The summed E-state index contributed by atoms with van der Waals surface area (Å²) in [5.41, 5.74) is 5.53. The van der Waals surface area contributed by atoms with E-state index in [-0.39, 0.29) is 5.91 Å². The number of carbonyl (C=O) groups is 1. The Morgan fingerprint density at radius 3 is 2.33 bits per heavy atom. The average Bonchev–Trinajstić information content (AvgIpc) is 1.82. The molecule has 0 bridgehead atoms. The Bertz CT molecular complexity index is 160. The van der Waals surface area contributed by atoms with Gasteiger partial charge in [-0.05, 0) is 0 Å². The van der Waals surface area contributed by atoms with Crippen molar-refractivity contribution in [3.05, 3.63) is 11.6 Å². The molecule has 0 saturated heterocycles. The Labute approximate surface area is 55.7 Å². The van der Waals surface area contributed by atoms with E-state index in [1.165, 1.54) is 0 Å². The van der Waals surface area contributed by atoms with E-state index in [0.717, 1.165) is 0 Å². The number of carbonyl (C=O) groups excluding carboxylic acids is 1. The number of rotatable bonds is 2. The predicted octanol–water partition coefficient (Wildman–Crippen LogP) is -0.0275. The quantitative estimate of drug-likeness (QED) is 0.406. The molecule has 3 heteroatoms. The van der Waals surface area contributed by atoms with Gasteiger partial charge in [-0.25, -0.2) is 0 Å². The molecule has 0 aromatic carbocycles. The van der Waals surface area contributed by atoms with Crippen LogP contribution in [0.5, 0.6) is 0 Å². The summed E-state index contributed by atoms with van der Waals surface area (Å²) in [5, 5.41) is 0. The van der Waals surface area contributed by atoms with E-state index in [9.17, 15) is 4.79 Å². The second-order valence-electron chi connectivity index (χ2n) is 1.61. The van der Waals surface area contributed by atoms with Gasteiger partial charge in [0.1, 0.15) is 0 Å². The fraction of sp³-hybridized carbons (Fsp3) is 0.333. The van der Waals surface area contributed by atoms with Gasteiger partial charge >= 0.3 is 54.7 Å². The van der Waals surface area contributed by atoms with Crippen molar-refractivity contribution < 1.29 is 4.79 Å². The average molecular weight is 123 g/mol. The van der Waals surface area contributed by atoms with Gasteiger partial charge in [0.05, 0.1) is 0 Å². The minimum atomic E-state index is -0.379. The number of primary amides is 1. The van der Waals surface area contributed by atoms with Gasteiger partial charge in [-0.1, -0.05) is 0 Å². The fourth-order valence-electron chi connectivity index (χ4n) is 0.500. The number of allylic oxidation sites excluding steroid dienone is 1. The zero-order valence-electron chi connectivity index (χ0n) is 5.72. The molecule has 0 rings (SSSR count). The first-order chi connectivity index (χ1) is 4.22. The Balaban J connectivity index is 4.19. The topological polar surface area (TPSA) is 43.1 Å². The van der Waals surface area contributed by atoms with Crippen LogP contribution < -0.4 is 5.73 Å². The first-order valence-corrected chi connectivity index (χ1v) is 2.81. The summed E-state index contributed by atoms with van der Waals surface area (Å²) in [6, 6.07) is 0. The van der Waals surface area contributed by atoms with Crippen LogP contribution in [0.1, 0.15) is 6.92 Å². The molecule has 0 fully saturated rings. The van der Waals surface area contributed by atoms with Gasteiger partial charge in [0.25, 0.3) is 0 Å². The van der Waals surface area contributed by atoms with Gasteiger partial charge < -0.3 is 0 Å². The van der Waals surface area contributed by atoms with Crippen molar-refractivity contribution in [2.24, 2.45) is 5.73 Å². The molecule has 0 aliphatic heterocycles. The molecule has 0 unspecified atom stereocenters. The van der Waals surface area contributed by atoms with E-state index < -0.39 is 0 Å². The molecular weight excluding hydrogens is 113 g/mol. The number of nitrogens with two attached hydrogens (primary N) is 1. The van der Waals surface area contributed by atoms with Gasteiger partial charge in [0.2, 0.25) is 0 Å². The standard InChI is InChI=1S/C6H10BNO/c1-3-5(4-7-2)6(8)9/h3-4H,1-2H3,(H2,8,9)/b5-3+. The van der Waals surface area contributed by atoms with Crippen LogP contribution >= 0.6 is 0 Å². The molecule has 48 valence electrons. The second kappa shape index (κ2) is 4.07. The zero-order valence-corrected chi connectivity index (χ0v) is 5.72.